The SMILES string of the molecule is C=CCC.CCCC(C(=O)O)C(=O)O. The number of rotatable bonds is 5. The number of aliphatic carboxylic acids is 2. The monoisotopic (exact) mass is 202 g/mol. The zero-order valence-corrected chi connectivity index (χ0v) is 8.69. The van der Waals surface area contributed by atoms with Gasteiger partial charge < -0.3 is 10.2 Å². The molecule has 82 valence electrons. The number of carbonyl (C=O) groups is 2. The zero-order chi connectivity index (χ0) is 11.6. The normalized spacial score (nSPS) is 8.79. The van der Waals surface area contributed by atoms with E-state index in [-0.39, 0.29) is 6.42 Å². The van der Waals surface area contributed by atoms with Gasteiger partial charge >= 0.3 is 11.9 Å². The van der Waals surface area contributed by atoms with Crippen LogP contribution >= 0.6 is 0 Å². The highest BCUT2D eigenvalue weighted by Gasteiger charge is 2.23. The van der Waals surface area contributed by atoms with Gasteiger partial charge in [-0.1, -0.05) is 26.3 Å². The summed E-state index contributed by atoms with van der Waals surface area (Å²) < 4.78 is 0. The summed E-state index contributed by atoms with van der Waals surface area (Å²) in [7, 11) is 0. The van der Waals surface area contributed by atoms with Crippen molar-refractivity contribution in [2.24, 2.45) is 5.92 Å². The fraction of sp³-hybridized carbons (Fsp3) is 0.600. The first-order valence-electron chi connectivity index (χ1n) is 4.57. The molecule has 0 aromatic heterocycles. The lowest BCUT2D eigenvalue weighted by Gasteiger charge is -2.02. The lowest BCUT2D eigenvalue weighted by Crippen LogP contribution is -2.22. The number of carboxylic acid groups (broad SMARTS) is 2. The Kier molecular flexibility index (Phi) is 10.6. The minimum atomic E-state index is -1.26. The molecule has 0 unspecified atom stereocenters. The Morgan fingerprint density at radius 1 is 1.29 bits per heavy atom. The minimum absolute atomic E-state index is 0.199. The van der Waals surface area contributed by atoms with Crippen molar-refractivity contribution in [3.63, 3.8) is 0 Å². The van der Waals surface area contributed by atoms with Gasteiger partial charge in [0, 0.05) is 0 Å². The Bertz CT molecular complexity index is 173. The van der Waals surface area contributed by atoms with Crippen molar-refractivity contribution in [1.82, 2.24) is 0 Å². The molecule has 0 bridgehead atoms. The van der Waals surface area contributed by atoms with Crippen LogP contribution in [0.5, 0.6) is 0 Å². The maximum Gasteiger partial charge on any atom is 0.317 e. The van der Waals surface area contributed by atoms with Gasteiger partial charge in [-0.15, -0.1) is 6.58 Å². The summed E-state index contributed by atoms with van der Waals surface area (Å²) in [6.45, 7) is 7.29. The Morgan fingerprint density at radius 2 is 1.64 bits per heavy atom. The Morgan fingerprint density at radius 3 is 1.71 bits per heavy atom. The van der Waals surface area contributed by atoms with Crippen molar-refractivity contribution in [1.29, 1.82) is 0 Å². The summed E-state index contributed by atoms with van der Waals surface area (Å²) >= 11 is 0. The molecule has 0 fully saturated rings. The highest BCUT2D eigenvalue weighted by atomic mass is 16.4. The third-order valence-corrected chi connectivity index (χ3v) is 1.46. The summed E-state index contributed by atoms with van der Waals surface area (Å²) in [5, 5.41) is 16.6. The van der Waals surface area contributed by atoms with Crippen LogP contribution in [-0.2, 0) is 9.59 Å². The third-order valence-electron chi connectivity index (χ3n) is 1.46. The van der Waals surface area contributed by atoms with Crippen LogP contribution in [0.1, 0.15) is 33.1 Å². The highest BCUT2D eigenvalue weighted by molar-refractivity contribution is 5.92. The van der Waals surface area contributed by atoms with Gasteiger partial charge in [0.25, 0.3) is 0 Å². The Hall–Kier alpha value is -1.32. The van der Waals surface area contributed by atoms with E-state index in [1.807, 2.05) is 6.08 Å². The van der Waals surface area contributed by atoms with Gasteiger partial charge in [-0.3, -0.25) is 9.59 Å². The summed E-state index contributed by atoms with van der Waals surface area (Å²) in [5.41, 5.74) is 0. The van der Waals surface area contributed by atoms with Crippen molar-refractivity contribution >= 4 is 11.9 Å². The van der Waals surface area contributed by atoms with Crippen LogP contribution in [-0.4, -0.2) is 22.2 Å². The smallest absolute Gasteiger partial charge is 0.317 e. The molecule has 0 aromatic carbocycles. The largest absolute Gasteiger partial charge is 0.481 e. The third kappa shape index (κ3) is 8.77. The second kappa shape index (κ2) is 9.77. The lowest BCUT2D eigenvalue weighted by molar-refractivity contribution is -0.154. The fourth-order valence-electron chi connectivity index (χ4n) is 0.641. The molecule has 0 atom stereocenters. The first kappa shape index (κ1) is 15.2. The van der Waals surface area contributed by atoms with Gasteiger partial charge in [-0.05, 0) is 12.8 Å². The lowest BCUT2D eigenvalue weighted by atomic mass is 10.1. The predicted octanol–water partition coefficient (Wildman–Crippen LogP) is 2.15. The summed E-state index contributed by atoms with van der Waals surface area (Å²) in [6, 6.07) is 0. The van der Waals surface area contributed by atoms with Crippen LogP contribution < -0.4 is 0 Å². The van der Waals surface area contributed by atoms with Crippen LogP contribution in [0.15, 0.2) is 12.7 Å². The number of hydrogen-bond donors (Lipinski definition) is 2. The van der Waals surface area contributed by atoms with Gasteiger partial charge in [0.2, 0.25) is 0 Å². The van der Waals surface area contributed by atoms with Crippen LogP contribution in [0.3, 0.4) is 0 Å². The summed E-state index contributed by atoms with van der Waals surface area (Å²) in [5.74, 6) is -3.74. The van der Waals surface area contributed by atoms with Crippen LogP contribution in [0, 0.1) is 5.92 Å². The van der Waals surface area contributed by atoms with Crippen molar-refractivity contribution < 1.29 is 19.8 Å². The Labute approximate surface area is 84.3 Å². The van der Waals surface area contributed by atoms with E-state index in [1.165, 1.54) is 0 Å². The molecular formula is C10H18O4. The van der Waals surface area contributed by atoms with Gasteiger partial charge in [-0.25, -0.2) is 0 Å². The first-order chi connectivity index (χ1) is 6.51. The predicted molar refractivity (Wildman–Crippen MR) is 54.2 cm³/mol. The molecule has 0 aliphatic rings. The van der Waals surface area contributed by atoms with Crippen molar-refractivity contribution in [2.45, 2.75) is 33.1 Å². The molecule has 2 N–H and O–H groups in total. The fourth-order valence-corrected chi connectivity index (χ4v) is 0.641. The highest BCUT2D eigenvalue weighted by Crippen LogP contribution is 2.05. The number of hydrogen-bond acceptors (Lipinski definition) is 2. The minimum Gasteiger partial charge on any atom is -0.481 e. The molecule has 0 spiro atoms. The van der Waals surface area contributed by atoms with E-state index in [2.05, 4.69) is 13.5 Å². The topological polar surface area (TPSA) is 74.6 Å². The molecule has 0 rings (SSSR count). The van der Waals surface area contributed by atoms with Gasteiger partial charge in [0.1, 0.15) is 0 Å². The van der Waals surface area contributed by atoms with Crippen molar-refractivity contribution in [3.8, 4) is 0 Å². The quantitative estimate of drug-likeness (QED) is 0.529. The molecule has 0 aromatic rings. The van der Waals surface area contributed by atoms with Gasteiger partial charge in [-0.2, -0.15) is 0 Å². The van der Waals surface area contributed by atoms with Crippen LogP contribution in [0.2, 0.25) is 0 Å². The first-order valence-corrected chi connectivity index (χ1v) is 4.57. The van der Waals surface area contributed by atoms with Gasteiger partial charge in [0.15, 0.2) is 5.92 Å². The molecular weight excluding hydrogens is 184 g/mol. The molecule has 4 heteroatoms. The molecule has 0 aliphatic heterocycles. The van der Waals surface area contributed by atoms with E-state index in [1.54, 1.807) is 6.92 Å². The van der Waals surface area contributed by atoms with E-state index < -0.39 is 17.9 Å². The zero-order valence-electron chi connectivity index (χ0n) is 8.69. The maximum absolute atomic E-state index is 10.2. The van der Waals surface area contributed by atoms with E-state index in [0.29, 0.717) is 6.42 Å². The molecule has 0 amide bonds. The van der Waals surface area contributed by atoms with E-state index in [0.717, 1.165) is 6.42 Å². The Balaban J connectivity index is 0. The van der Waals surface area contributed by atoms with E-state index >= 15 is 0 Å². The van der Waals surface area contributed by atoms with Crippen LogP contribution in [0.4, 0.5) is 0 Å². The second-order valence-electron chi connectivity index (χ2n) is 2.71. The van der Waals surface area contributed by atoms with E-state index in [9.17, 15) is 9.59 Å². The van der Waals surface area contributed by atoms with Crippen LogP contribution in [0.25, 0.3) is 0 Å². The molecule has 14 heavy (non-hydrogen) atoms. The molecule has 0 radical (unpaired) electrons. The van der Waals surface area contributed by atoms with Crippen molar-refractivity contribution in [2.75, 3.05) is 0 Å². The molecule has 0 saturated heterocycles. The average Bonchev–Trinajstić information content (AvgIpc) is 2.13. The molecule has 0 saturated carbocycles. The molecule has 4 nitrogen and oxygen atoms in total. The van der Waals surface area contributed by atoms with Crippen molar-refractivity contribution in [3.05, 3.63) is 12.7 Å². The molecule has 0 aliphatic carbocycles. The number of allylic oxidation sites excluding steroid dienone is 1. The average molecular weight is 202 g/mol. The second-order valence-corrected chi connectivity index (χ2v) is 2.71. The molecule has 0 heterocycles. The maximum atomic E-state index is 10.2. The summed E-state index contributed by atoms with van der Waals surface area (Å²) in [4.78, 5) is 20.3. The number of carboxylic acids is 2. The standard InChI is InChI=1S/C6H10O4.C4H8/c1-2-3-4(5(7)8)6(9)10;1-3-4-2/h4H,2-3H2,1H3,(H,7,8)(H,9,10);3H,1,4H2,2H3. The van der Waals surface area contributed by atoms with E-state index in [4.69, 9.17) is 10.2 Å². The summed E-state index contributed by atoms with van der Waals surface area (Å²) in [6.07, 6.45) is 3.73. The van der Waals surface area contributed by atoms with Gasteiger partial charge in [0.05, 0.1) is 0 Å².